The number of nitrogens with one attached hydrogen (secondary N) is 1. The molecule has 0 aliphatic carbocycles. The van der Waals surface area contributed by atoms with Gasteiger partial charge in [0.05, 0.1) is 12.5 Å². The molecule has 1 aromatic carbocycles. The van der Waals surface area contributed by atoms with Crippen LogP contribution in [0.15, 0.2) is 53.5 Å². The van der Waals surface area contributed by atoms with Crippen molar-refractivity contribution < 1.29 is 9.53 Å². The van der Waals surface area contributed by atoms with E-state index in [0.717, 1.165) is 5.56 Å². The molecule has 0 unspecified atom stereocenters. The molecular formula is C20H18N4O3. The molecular weight excluding hydrogens is 344 g/mol. The summed E-state index contributed by atoms with van der Waals surface area (Å²) in [4.78, 5) is 30.1. The van der Waals surface area contributed by atoms with Crippen molar-refractivity contribution in [1.82, 2.24) is 14.0 Å². The second kappa shape index (κ2) is 6.28. The van der Waals surface area contributed by atoms with E-state index in [1.54, 1.807) is 61.3 Å². The molecule has 0 atom stereocenters. The molecule has 0 bridgehead atoms. The van der Waals surface area contributed by atoms with Gasteiger partial charge in [0.25, 0.3) is 11.5 Å². The molecule has 7 nitrogen and oxygen atoms in total. The Morgan fingerprint density at radius 3 is 2.78 bits per heavy atom. The maximum absolute atomic E-state index is 12.8. The number of hydrogen-bond acceptors (Lipinski definition) is 4. The van der Waals surface area contributed by atoms with Gasteiger partial charge in [0.15, 0.2) is 0 Å². The SMILES string of the molecule is COc1cccc(NC(=O)c2cc3c(=O)n4cc(C)ccc4nc3n2C)c1. The Morgan fingerprint density at radius 2 is 2.00 bits per heavy atom. The number of methoxy groups -OCH3 is 1. The van der Waals surface area contributed by atoms with Gasteiger partial charge in [-0.25, -0.2) is 4.98 Å². The van der Waals surface area contributed by atoms with Crippen LogP contribution in [-0.2, 0) is 7.05 Å². The predicted octanol–water partition coefficient (Wildman–Crippen LogP) is 2.76. The molecule has 136 valence electrons. The Kier molecular flexibility index (Phi) is 3.92. The molecule has 27 heavy (non-hydrogen) atoms. The first kappa shape index (κ1) is 16.8. The number of hydrogen-bond donors (Lipinski definition) is 1. The van der Waals surface area contributed by atoms with Crippen LogP contribution < -0.4 is 15.6 Å². The van der Waals surface area contributed by atoms with Crippen LogP contribution in [0.1, 0.15) is 16.1 Å². The maximum atomic E-state index is 12.8. The van der Waals surface area contributed by atoms with Gasteiger partial charge in [-0.15, -0.1) is 0 Å². The highest BCUT2D eigenvalue weighted by molar-refractivity contribution is 6.06. The van der Waals surface area contributed by atoms with Crippen molar-refractivity contribution in [3.8, 4) is 5.75 Å². The van der Waals surface area contributed by atoms with Gasteiger partial charge in [0, 0.05) is 25.0 Å². The minimum Gasteiger partial charge on any atom is -0.497 e. The molecule has 1 N–H and O–H groups in total. The second-order valence-corrected chi connectivity index (χ2v) is 6.36. The number of benzene rings is 1. The molecule has 7 heteroatoms. The van der Waals surface area contributed by atoms with Crippen LogP contribution in [0.25, 0.3) is 16.7 Å². The highest BCUT2D eigenvalue weighted by atomic mass is 16.5. The fourth-order valence-corrected chi connectivity index (χ4v) is 3.09. The van der Waals surface area contributed by atoms with Gasteiger partial charge in [-0.05, 0) is 36.8 Å². The highest BCUT2D eigenvalue weighted by Crippen LogP contribution is 2.20. The number of ether oxygens (including phenoxy) is 1. The smallest absolute Gasteiger partial charge is 0.272 e. The zero-order valence-corrected chi connectivity index (χ0v) is 15.2. The van der Waals surface area contributed by atoms with Crippen LogP contribution >= 0.6 is 0 Å². The Balaban J connectivity index is 1.81. The summed E-state index contributed by atoms with van der Waals surface area (Å²) in [5, 5.41) is 3.23. The minimum absolute atomic E-state index is 0.199. The molecule has 0 fully saturated rings. The minimum atomic E-state index is -0.326. The summed E-state index contributed by atoms with van der Waals surface area (Å²) in [5.41, 5.74) is 2.73. The van der Waals surface area contributed by atoms with Crippen LogP contribution in [0.4, 0.5) is 5.69 Å². The van der Waals surface area contributed by atoms with E-state index in [9.17, 15) is 9.59 Å². The lowest BCUT2D eigenvalue weighted by Gasteiger charge is -2.08. The largest absolute Gasteiger partial charge is 0.497 e. The Hall–Kier alpha value is -3.61. The predicted molar refractivity (Wildman–Crippen MR) is 104 cm³/mol. The number of carbonyl (C=O) groups is 1. The average Bonchev–Trinajstić information content (AvgIpc) is 3.00. The number of nitrogens with zero attached hydrogens (tertiary/aromatic N) is 3. The lowest BCUT2D eigenvalue weighted by molar-refractivity contribution is 0.101. The van der Waals surface area contributed by atoms with E-state index < -0.39 is 0 Å². The number of amides is 1. The van der Waals surface area contributed by atoms with Crippen LogP contribution in [0.3, 0.4) is 0 Å². The summed E-state index contributed by atoms with van der Waals surface area (Å²) in [7, 11) is 3.29. The first-order valence-electron chi connectivity index (χ1n) is 8.42. The van der Waals surface area contributed by atoms with Crippen molar-refractivity contribution >= 4 is 28.3 Å². The summed E-state index contributed by atoms with van der Waals surface area (Å²) >= 11 is 0. The van der Waals surface area contributed by atoms with E-state index in [0.29, 0.717) is 33.8 Å². The standard InChI is InChI=1S/C20H18N4O3/c1-12-7-8-17-22-18-15(20(26)24(17)11-12)10-16(23(18)2)19(25)21-13-5-4-6-14(9-13)27-3/h4-11H,1-3H3,(H,21,25). The normalized spacial score (nSPS) is 11.1. The number of rotatable bonds is 3. The third-order valence-corrected chi connectivity index (χ3v) is 4.51. The van der Waals surface area contributed by atoms with Gasteiger partial charge in [-0.1, -0.05) is 12.1 Å². The molecule has 3 heterocycles. The average molecular weight is 362 g/mol. The van der Waals surface area contributed by atoms with Crippen molar-refractivity contribution in [2.45, 2.75) is 6.92 Å². The Labute approximate surface area is 154 Å². The molecule has 0 aliphatic rings. The van der Waals surface area contributed by atoms with Crippen LogP contribution in [-0.4, -0.2) is 27.0 Å². The van der Waals surface area contributed by atoms with E-state index in [1.807, 2.05) is 13.0 Å². The molecule has 0 aliphatic heterocycles. The maximum Gasteiger partial charge on any atom is 0.272 e. The third-order valence-electron chi connectivity index (χ3n) is 4.51. The summed E-state index contributed by atoms with van der Waals surface area (Å²) in [5.74, 6) is 0.319. The molecule has 0 saturated heterocycles. The van der Waals surface area contributed by atoms with Crippen molar-refractivity contribution in [3.63, 3.8) is 0 Å². The van der Waals surface area contributed by atoms with Gasteiger partial charge in [-0.3, -0.25) is 14.0 Å². The second-order valence-electron chi connectivity index (χ2n) is 6.36. The molecule has 3 aromatic heterocycles. The molecule has 4 aromatic rings. The molecule has 0 saturated carbocycles. The lowest BCUT2D eigenvalue weighted by Crippen LogP contribution is -2.16. The van der Waals surface area contributed by atoms with Gasteiger partial charge >= 0.3 is 0 Å². The van der Waals surface area contributed by atoms with Gasteiger partial charge in [0.2, 0.25) is 0 Å². The van der Waals surface area contributed by atoms with Crippen molar-refractivity contribution in [2.24, 2.45) is 7.05 Å². The first-order valence-corrected chi connectivity index (χ1v) is 8.42. The molecule has 4 rings (SSSR count). The number of aromatic nitrogens is 3. The number of carbonyl (C=O) groups excluding carboxylic acids is 1. The quantitative estimate of drug-likeness (QED) is 0.608. The number of aryl methyl sites for hydroxylation is 2. The monoisotopic (exact) mass is 362 g/mol. The fraction of sp³-hybridized carbons (Fsp3) is 0.150. The third kappa shape index (κ3) is 2.83. The summed E-state index contributed by atoms with van der Waals surface area (Å²) in [6, 6.07) is 12.4. The van der Waals surface area contributed by atoms with E-state index >= 15 is 0 Å². The van der Waals surface area contributed by atoms with E-state index in [4.69, 9.17) is 4.74 Å². The van der Waals surface area contributed by atoms with Crippen LogP contribution in [0.5, 0.6) is 5.75 Å². The van der Waals surface area contributed by atoms with E-state index in [2.05, 4.69) is 10.3 Å². The zero-order valence-electron chi connectivity index (χ0n) is 15.2. The van der Waals surface area contributed by atoms with Gasteiger partial charge in [0.1, 0.15) is 22.7 Å². The van der Waals surface area contributed by atoms with Crippen molar-refractivity contribution in [2.75, 3.05) is 12.4 Å². The van der Waals surface area contributed by atoms with Crippen molar-refractivity contribution in [1.29, 1.82) is 0 Å². The van der Waals surface area contributed by atoms with Crippen LogP contribution in [0, 0.1) is 6.92 Å². The lowest BCUT2D eigenvalue weighted by atomic mass is 10.2. The summed E-state index contributed by atoms with van der Waals surface area (Å²) < 4.78 is 8.31. The number of anilines is 1. The first-order chi connectivity index (χ1) is 13.0. The zero-order chi connectivity index (χ0) is 19.1. The van der Waals surface area contributed by atoms with E-state index in [-0.39, 0.29) is 11.5 Å². The number of pyridine rings is 1. The molecule has 0 radical (unpaired) electrons. The van der Waals surface area contributed by atoms with E-state index in [1.165, 1.54) is 4.40 Å². The fourth-order valence-electron chi connectivity index (χ4n) is 3.09. The Bertz CT molecular complexity index is 1250. The molecule has 0 spiro atoms. The molecule has 1 amide bonds. The Morgan fingerprint density at radius 1 is 1.19 bits per heavy atom. The van der Waals surface area contributed by atoms with Gasteiger partial charge < -0.3 is 14.6 Å². The van der Waals surface area contributed by atoms with Crippen molar-refractivity contribution in [3.05, 3.63) is 70.3 Å². The van der Waals surface area contributed by atoms with Gasteiger partial charge in [-0.2, -0.15) is 0 Å². The summed E-state index contributed by atoms with van der Waals surface area (Å²) in [6.45, 7) is 1.91. The van der Waals surface area contributed by atoms with Crippen LogP contribution in [0.2, 0.25) is 0 Å². The highest BCUT2D eigenvalue weighted by Gasteiger charge is 2.18. The number of fused-ring (bicyclic) bond motifs is 2. The topological polar surface area (TPSA) is 77.6 Å². The summed E-state index contributed by atoms with van der Waals surface area (Å²) in [6.07, 6.45) is 1.74.